The van der Waals surface area contributed by atoms with Crippen molar-refractivity contribution >= 4 is 51.2 Å². The monoisotopic (exact) mass is 431 g/mol. The van der Waals surface area contributed by atoms with Crippen molar-refractivity contribution in [3.63, 3.8) is 0 Å². The molecule has 0 amide bonds. The fourth-order valence-corrected chi connectivity index (χ4v) is 2.09. The highest BCUT2D eigenvalue weighted by Gasteiger charge is 2.16. The quantitative estimate of drug-likeness (QED) is 0.428. The van der Waals surface area contributed by atoms with Gasteiger partial charge in [0.15, 0.2) is 0 Å². The van der Waals surface area contributed by atoms with E-state index in [0.717, 1.165) is 9.13 Å². The number of aliphatic carboxylic acids is 1. The topological polar surface area (TPSA) is 49.3 Å². The van der Waals surface area contributed by atoms with Crippen molar-refractivity contribution in [1.82, 2.24) is 5.32 Å². The van der Waals surface area contributed by atoms with Crippen molar-refractivity contribution in [2.45, 2.75) is 12.5 Å². The zero-order valence-electron chi connectivity index (χ0n) is 7.91. The number of hydrogen-bond acceptors (Lipinski definition) is 2. The minimum Gasteiger partial charge on any atom is -0.480 e. The van der Waals surface area contributed by atoms with Gasteiger partial charge in [0.25, 0.3) is 0 Å². The standard InChI is InChI=1S/C10H11I2NO2/c11-6-13-9(10(14)15)5-7-1-3-8(12)4-2-7/h1-4,9,13H,5-6H2,(H,14,15)/t9-/m0/s1. The second-order valence-electron chi connectivity index (χ2n) is 3.06. The van der Waals surface area contributed by atoms with Crippen molar-refractivity contribution in [2.24, 2.45) is 0 Å². The third-order valence-corrected chi connectivity index (χ3v) is 3.13. The summed E-state index contributed by atoms with van der Waals surface area (Å²) in [5.74, 6) is -0.801. The fourth-order valence-electron chi connectivity index (χ4n) is 1.20. The molecule has 0 spiro atoms. The summed E-state index contributed by atoms with van der Waals surface area (Å²) in [6.07, 6.45) is 0.523. The van der Waals surface area contributed by atoms with Crippen LogP contribution in [0.2, 0.25) is 0 Å². The van der Waals surface area contributed by atoms with Gasteiger partial charge in [-0.15, -0.1) is 0 Å². The number of alkyl halides is 1. The van der Waals surface area contributed by atoms with E-state index in [2.05, 4.69) is 50.5 Å². The molecule has 5 heteroatoms. The maximum atomic E-state index is 10.9. The van der Waals surface area contributed by atoms with Crippen LogP contribution in [0.25, 0.3) is 0 Å². The largest absolute Gasteiger partial charge is 0.480 e. The summed E-state index contributed by atoms with van der Waals surface area (Å²) >= 11 is 4.34. The summed E-state index contributed by atoms with van der Waals surface area (Å²) in [5.41, 5.74) is 1.04. The molecule has 1 aromatic rings. The molecule has 0 unspecified atom stereocenters. The van der Waals surface area contributed by atoms with Crippen molar-refractivity contribution in [3.8, 4) is 0 Å². The van der Waals surface area contributed by atoms with Gasteiger partial charge < -0.3 is 5.11 Å². The summed E-state index contributed by atoms with van der Waals surface area (Å²) in [6, 6.07) is 7.40. The van der Waals surface area contributed by atoms with Crippen molar-refractivity contribution in [3.05, 3.63) is 33.4 Å². The second-order valence-corrected chi connectivity index (χ2v) is 5.07. The average Bonchev–Trinajstić information content (AvgIpc) is 2.20. The molecule has 0 heterocycles. The number of carboxylic acid groups (broad SMARTS) is 1. The van der Waals surface area contributed by atoms with Crippen LogP contribution in [0.4, 0.5) is 0 Å². The Morgan fingerprint density at radius 1 is 1.40 bits per heavy atom. The van der Waals surface area contributed by atoms with Crippen LogP contribution in [-0.2, 0) is 11.2 Å². The van der Waals surface area contributed by atoms with Gasteiger partial charge in [0, 0.05) is 8.12 Å². The van der Waals surface area contributed by atoms with Crippen LogP contribution < -0.4 is 5.32 Å². The number of carboxylic acids is 1. The van der Waals surface area contributed by atoms with E-state index in [4.69, 9.17) is 5.11 Å². The summed E-state index contributed by atoms with van der Waals surface area (Å²) in [7, 11) is 0. The lowest BCUT2D eigenvalue weighted by atomic mass is 10.1. The summed E-state index contributed by atoms with van der Waals surface area (Å²) < 4.78 is 1.80. The molecule has 1 rings (SSSR count). The maximum absolute atomic E-state index is 10.9. The number of benzene rings is 1. The average molecular weight is 431 g/mol. The van der Waals surface area contributed by atoms with Gasteiger partial charge in [-0.2, -0.15) is 0 Å². The normalized spacial score (nSPS) is 12.4. The molecule has 0 aliphatic heterocycles. The Kier molecular flexibility index (Phi) is 5.83. The van der Waals surface area contributed by atoms with Gasteiger partial charge in [-0.3, -0.25) is 10.1 Å². The minimum atomic E-state index is -0.801. The lowest BCUT2D eigenvalue weighted by molar-refractivity contribution is -0.139. The first-order valence-electron chi connectivity index (χ1n) is 4.40. The molecule has 0 saturated carbocycles. The van der Waals surface area contributed by atoms with Crippen molar-refractivity contribution < 1.29 is 9.90 Å². The van der Waals surface area contributed by atoms with E-state index in [1.165, 1.54) is 0 Å². The predicted octanol–water partition coefficient (Wildman–Crippen LogP) is 2.27. The third kappa shape index (κ3) is 4.64. The second kappa shape index (κ2) is 6.64. The predicted molar refractivity (Wildman–Crippen MR) is 76.3 cm³/mol. The first-order valence-corrected chi connectivity index (χ1v) is 7.00. The Morgan fingerprint density at radius 3 is 2.47 bits per heavy atom. The Morgan fingerprint density at radius 2 is 2.00 bits per heavy atom. The zero-order valence-corrected chi connectivity index (χ0v) is 12.2. The van der Waals surface area contributed by atoms with Gasteiger partial charge in [-0.25, -0.2) is 0 Å². The van der Waals surface area contributed by atoms with Crippen molar-refractivity contribution in [1.29, 1.82) is 0 Å². The molecule has 0 fully saturated rings. The van der Waals surface area contributed by atoms with Gasteiger partial charge in [-0.05, 0) is 46.7 Å². The lowest BCUT2D eigenvalue weighted by Gasteiger charge is -2.12. The highest BCUT2D eigenvalue weighted by molar-refractivity contribution is 14.1. The molecular weight excluding hydrogens is 420 g/mol. The number of carbonyl (C=O) groups is 1. The molecular formula is C10H11I2NO2. The van der Waals surface area contributed by atoms with Gasteiger partial charge >= 0.3 is 5.97 Å². The molecule has 1 aromatic carbocycles. The van der Waals surface area contributed by atoms with Crippen LogP contribution in [0.1, 0.15) is 5.56 Å². The zero-order chi connectivity index (χ0) is 11.3. The Hall–Kier alpha value is 0.110. The molecule has 0 radical (unpaired) electrons. The molecule has 82 valence electrons. The van der Waals surface area contributed by atoms with Crippen LogP contribution in [0, 0.1) is 3.57 Å². The number of nitrogens with one attached hydrogen (secondary N) is 1. The van der Waals surface area contributed by atoms with E-state index in [-0.39, 0.29) is 0 Å². The maximum Gasteiger partial charge on any atom is 0.321 e. The third-order valence-electron chi connectivity index (χ3n) is 1.97. The van der Waals surface area contributed by atoms with Gasteiger partial charge in [0.05, 0.1) is 0 Å². The minimum absolute atomic E-state index is 0.498. The lowest BCUT2D eigenvalue weighted by Crippen LogP contribution is -2.37. The van der Waals surface area contributed by atoms with E-state index in [0.29, 0.717) is 11.0 Å². The SMILES string of the molecule is O=C(O)[C@H](Cc1ccc(I)cc1)NCI. The van der Waals surface area contributed by atoms with Gasteiger partial charge in [0.2, 0.25) is 0 Å². The summed E-state index contributed by atoms with van der Waals surface area (Å²) in [5, 5.41) is 11.9. The molecule has 0 aliphatic carbocycles. The molecule has 0 bridgehead atoms. The molecule has 0 saturated heterocycles. The molecule has 0 aliphatic rings. The van der Waals surface area contributed by atoms with E-state index < -0.39 is 12.0 Å². The molecule has 15 heavy (non-hydrogen) atoms. The number of hydrogen-bond donors (Lipinski definition) is 2. The van der Waals surface area contributed by atoms with E-state index >= 15 is 0 Å². The first-order chi connectivity index (χ1) is 7.13. The number of halogens is 2. The highest BCUT2D eigenvalue weighted by atomic mass is 127. The van der Waals surface area contributed by atoms with E-state index in [1.54, 1.807) is 0 Å². The molecule has 3 nitrogen and oxygen atoms in total. The molecule has 1 atom stereocenters. The van der Waals surface area contributed by atoms with E-state index in [9.17, 15) is 4.79 Å². The number of rotatable bonds is 5. The smallest absolute Gasteiger partial charge is 0.321 e. The van der Waals surface area contributed by atoms with Gasteiger partial charge in [-0.1, -0.05) is 34.7 Å². The highest BCUT2D eigenvalue weighted by Crippen LogP contribution is 2.09. The molecule has 0 aromatic heterocycles. The fraction of sp³-hybridized carbons (Fsp3) is 0.300. The van der Waals surface area contributed by atoms with Crippen LogP contribution in [0.15, 0.2) is 24.3 Å². The van der Waals surface area contributed by atoms with Crippen LogP contribution in [-0.4, -0.2) is 21.7 Å². The Labute approximate surface area is 116 Å². The summed E-state index contributed by atoms with van der Waals surface area (Å²) in [6.45, 7) is 0. The Bertz CT molecular complexity index is 327. The van der Waals surface area contributed by atoms with Crippen molar-refractivity contribution in [2.75, 3.05) is 4.55 Å². The molecule has 2 N–H and O–H groups in total. The summed E-state index contributed by atoms with van der Waals surface area (Å²) in [4.78, 5) is 10.9. The van der Waals surface area contributed by atoms with Crippen LogP contribution in [0.5, 0.6) is 0 Å². The van der Waals surface area contributed by atoms with Crippen LogP contribution in [0.3, 0.4) is 0 Å². The first kappa shape index (κ1) is 13.2. The van der Waals surface area contributed by atoms with Crippen LogP contribution >= 0.6 is 45.2 Å². The van der Waals surface area contributed by atoms with E-state index in [1.807, 2.05) is 24.3 Å². The Balaban J connectivity index is 2.65. The van der Waals surface area contributed by atoms with Gasteiger partial charge in [0.1, 0.15) is 6.04 Å².